The molecule has 1 heterocycles. The Morgan fingerprint density at radius 3 is 2.77 bits per heavy atom. The third-order valence-electron chi connectivity index (χ3n) is 3.79. The van der Waals surface area contributed by atoms with E-state index in [-0.39, 0.29) is 12.1 Å². The highest BCUT2D eigenvalue weighted by molar-refractivity contribution is 7.09. The number of aryl methyl sites for hydroxylation is 1. The summed E-state index contributed by atoms with van der Waals surface area (Å²) in [5.74, 6) is 0. The molecule has 0 radical (unpaired) electrons. The number of thiazole rings is 1. The van der Waals surface area contributed by atoms with E-state index in [1.807, 2.05) is 33.2 Å². The second-order valence-electron chi connectivity index (χ2n) is 6.95. The van der Waals surface area contributed by atoms with Gasteiger partial charge in [0.2, 0.25) is 0 Å². The maximum absolute atomic E-state index is 11.9. The quantitative estimate of drug-likeness (QED) is 0.891. The normalized spacial score (nSPS) is 22.4. The number of alkyl carbamates (subject to hydrolysis) is 1. The number of aromatic nitrogens is 1. The maximum Gasteiger partial charge on any atom is 0.407 e. The van der Waals surface area contributed by atoms with Crippen molar-refractivity contribution in [1.29, 1.82) is 0 Å². The first-order valence-electron chi connectivity index (χ1n) is 7.95. The summed E-state index contributed by atoms with van der Waals surface area (Å²) in [5, 5.41) is 6.59. The molecule has 124 valence electrons. The molecule has 1 aromatic rings. The summed E-state index contributed by atoms with van der Waals surface area (Å²) in [4.78, 5) is 17.4. The van der Waals surface area contributed by atoms with Gasteiger partial charge < -0.3 is 15.4 Å². The van der Waals surface area contributed by atoms with Gasteiger partial charge in [-0.1, -0.05) is 0 Å². The third-order valence-corrected chi connectivity index (χ3v) is 4.73. The van der Waals surface area contributed by atoms with E-state index >= 15 is 0 Å². The van der Waals surface area contributed by atoms with Crippen molar-refractivity contribution in [3.63, 3.8) is 0 Å². The number of carbonyl (C=O) groups excluding carboxylic acids is 1. The molecule has 0 aliphatic heterocycles. The van der Waals surface area contributed by atoms with Crippen LogP contribution in [0.5, 0.6) is 0 Å². The summed E-state index contributed by atoms with van der Waals surface area (Å²) in [5.41, 5.74) is 2.55. The number of nitrogens with one attached hydrogen (secondary N) is 2. The zero-order valence-corrected chi connectivity index (χ0v) is 14.8. The summed E-state index contributed by atoms with van der Waals surface area (Å²) in [6.45, 7) is 8.56. The standard InChI is InChI=1S/C16H27N3O2S/c1-11-14(22-10-18-11)9-17-12-6-5-7-13(8-12)19-15(20)21-16(2,3)4/h10,12-13,17H,5-9H2,1-4H3,(H,19,20). The molecule has 1 aromatic heterocycles. The molecule has 22 heavy (non-hydrogen) atoms. The Morgan fingerprint density at radius 1 is 1.41 bits per heavy atom. The first-order chi connectivity index (χ1) is 10.3. The van der Waals surface area contributed by atoms with Crippen molar-refractivity contribution in [2.45, 2.75) is 77.6 Å². The number of rotatable bonds is 4. The lowest BCUT2D eigenvalue weighted by Gasteiger charge is -2.31. The maximum atomic E-state index is 11.9. The Morgan fingerprint density at radius 2 is 2.14 bits per heavy atom. The van der Waals surface area contributed by atoms with Gasteiger partial charge in [-0.15, -0.1) is 11.3 Å². The SMILES string of the molecule is Cc1ncsc1CNC1CCCC(NC(=O)OC(C)(C)C)C1. The van der Waals surface area contributed by atoms with Crippen LogP contribution in [0.25, 0.3) is 0 Å². The molecule has 0 spiro atoms. The fourth-order valence-corrected chi connectivity index (χ4v) is 3.44. The summed E-state index contributed by atoms with van der Waals surface area (Å²) >= 11 is 1.69. The summed E-state index contributed by atoms with van der Waals surface area (Å²) in [7, 11) is 0. The molecular formula is C16H27N3O2S. The minimum absolute atomic E-state index is 0.198. The van der Waals surface area contributed by atoms with E-state index in [0.717, 1.165) is 37.9 Å². The Bertz CT molecular complexity index is 496. The van der Waals surface area contributed by atoms with Crippen LogP contribution in [-0.2, 0) is 11.3 Å². The van der Waals surface area contributed by atoms with Crippen molar-refractivity contribution in [2.75, 3.05) is 0 Å². The predicted octanol–water partition coefficient (Wildman–Crippen LogP) is 3.38. The smallest absolute Gasteiger partial charge is 0.407 e. The van der Waals surface area contributed by atoms with Gasteiger partial charge in [0.1, 0.15) is 5.60 Å². The zero-order valence-electron chi connectivity index (χ0n) is 13.9. The van der Waals surface area contributed by atoms with Gasteiger partial charge in [-0.25, -0.2) is 9.78 Å². The van der Waals surface area contributed by atoms with Gasteiger partial charge in [-0.2, -0.15) is 0 Å². The average Bonchev–Trinajstić information content (AvgIpc) is 2.80. The minimum Gasteiger partial charge on any atom is -0.444 e. The zero-order chi connectivity index (χ0) is 16.2. The molecule has 6 heteroatoms. The van der Waals surface area contributed by atoms with E-state index in [9.17, 15) is 4.79 Å². The van der Waals surface area contributed by atoms with Crippen molar-refractivity contribution >= 4 is 17.4 Å². The lowest BCUT2D eigenvalue weighted by atomic mass is 9.91. The van der Waals surface area contributed by atoms with Crippen LogP contribution in [0.3, 0.4) is 0 Å². The second-order valence-corrected chi connectivity index (χ2v) is 7.89. The monoisotopic (exact) mass is 325 g/mol. The van der Waals surface area contributed by atoms with Crippen LogP contribution in [0, 0.1) is 6.92 Å². The Labute approximate surface area is 136 Å². The molecule has 1 aliphatic rings. The van der Waals surface area contributed by atoms with Crippen LogP contribution in [-0.4, -0.2) is 28.8 Å². The van der Waals surface area contributed by atoms with Crippen LogP contribution < -0.4 is 10.6 Å². The summed E-state index contributed by atoms with van der Waals surface area (Å²) in [6.07, 6.45) is 3.95. The van der Waals surface area contributed by atoms with Crippen LogP contribution in [0.1, 0.15) is 57.0 Å². The molecule has 0 aromatic carbocycles. The number of hydrogen-bond donors (Lipinski definition) is 2. The Balaban J connectivity index is 1.77. The fourth-order valence-electron chi connectivity index (χ4n) is 2.71. The molecular weight excluding hydrogens is 298 g/mol. The molecule has 2 atom stereocenters. The van der Waals surface area contributed by atoms with Crippen LogP contribution in [0.4, 0.5) is 4.79 Å². The highest BCUT2D eigenvalue weighted by Gasteiger charge is 2.25. The number of hydrogen-bond acceptors (Lipinski definition) is 5. The highest BCUT2D eigenvalue weighted by Crippen LogP contribution is 2.20. The lowest BCUT2D eigenvalue weighted by molar-refractivity contribution is 0.0488. The molecule has 0 saturated heterocycles. The van der Waals surface area contributed by atoms with Crippen molar-refractivity contribution < 1.29 is 9.53 Å². The topological polar surface area (TPSA) is 63.2 Å². The second kappa shape index (κ2) is 7.42. The Kier molecular flexibility index (Phi) is 5.81. The average molecular weight is 325 g/mol. The molecule has 2 unspecified atom stereocenters. The van der Waals surface area contributed by atoms with Crippen molar-refractivity contribution in [1.82, 2.24) is 15.6 Å². The van der Waals surface area contributed by atoms with Gasteiger partial charge in [-0.05, 0) is 53.4 Å². The first kappa shape index (κ1) is 17.2. The van der Waals surface area contributed by atoms with E-state index in [2.05, 4.69) is 15.6 Å². The lowest BCUT2D eigenvalue weighted by Crippen LogP contribution is -2.45. The molecule has 1 saturated carbocycles. The fraction of sp³-hybridized carbons (Fsp3) is 0.750. The van der Waals surface area contributed by atoms with E-state index in [1.54, 1.807) is 11.3 Å². The van der Waals surface area contributed by atoms with Crippen molar-refractivity contribution in [3.05, 3.63) is 16.1 Å². The molecule has 1 fully saturated rings. The largest absolute Gasteiger partial charge is 0.444 e. The predicted molar refractivity (Wildman–Crippen MR) is 89.1 cm³/mol. The summed E-state index contributed by atoms with van der Waals surface area (Å²) in [6, 6.07) is 0.638. The molecule has 2 N–H and O–H groups in total. The van der Waals surface area contributed by atoms with Crippen LogP contribution >= 0.6 is 11.3 Å². The van der Waals surface area contributed by atoms with Gasteiger partial charge in [0, 0.05) is 23.5 Å². The van der Waals surface area contributed by atoms with E-state index in [0.29, 0.717) is 6.04 Å². The number of ether oxygens (including phenoxy) is 1. The highest BCUT2D eigenvalue weighted by atomic mass is 32.1. The van der Waals surface area contributed by atoms with Gasteiger partial charge in [0.05, 0.1) is 11.2 Å². The van der Waals surface area contributed by atoms with E-state index in [4.69, 9.17) is 4.74 Å². The first-order valence-corrected chi connectivity index (χ1v) is 8.83. The number of carbonyl (C=O) groups is 1. The molecule has 0 bridgehead atoms. The van der Waals surface area contributed by atoms with Gasteiger partial charge in [-0.3, -0.25) is 0 Å². The van der Waals surface area contributed by atoms with Gasteiger partial charge in [0.15, 0.2) is 0 Å². The van der Waals surface area contributed by atoms with Crippen molar-refractivity contribution in [2.24, 2.45) is 0 Å². The molecule has 5 nitrogen and oxygen atoms in total. The van der Waals surface area contributed by atoms with Gasteiger partial charge in [0.25, 0.3) is 0 Å². The van der Waals surface area contributed by atoms with Crippen molar-refractivity contribution in [3.8, 4) is 0 Å². The molecule has 1 aliphatic carbocycles. The van der Waals surface area contributed by atoms with Gasteiger partial charge >= 0.3 is 6.09 Å². The van der Waals surface area contributed by atoms with Crippen LogP contribution in [0.2, 0.25) is 0 Å². The number of amides is 1. The molecule has 2 rings (SSSR count). The van der Waals surface area contributed by atoms with E-state index < -0.39 is 5.60 Å². The molecule has 1 amide bonds. The van der Waals surface area contributed by atoms with E-state index in [1.165, 1.54) is 4.88 Å². The third kappa shape index (κ3) is 5.57. The van der Waals surface area contributed by atoms with Crippen LogP contribution in [0.15, 0.2) is 5.51 Å². The Hall–Kier alpha value is -1.14. The number of nitrogens with zero attached hydrogens (tertiary/aromatic N) is 1. The summed E-state index contributed by atoms with van der Waals surface area (Å²) < 4.78 is 5.33. The minimum atomic E-state index is -0.444.